The second kappa shape index (κ2) is 4.82. The average molecular weight is 254 g/mol. The molecule has 0 bridgehead atoms. The van der Waals surface area contributed by atoms with Crippen molar-refractivity contribution >= 4 is 5.82 Å². The number of aromatic nitrogens is 2. The predicted octanol–water partition coefficient (Wildman–Crippen LogP) is 1.69. The lowest BCUT2D eigenvalue weighted by Crippen LogP contribution is -2.02. The molecule has 6 heteroatoms. The Labute approximate surface area is 109 Å². The fraction of sp³-hybridized carbons (Fsp3) is 0.154. The summed E-state index contributed by atoms with van der Waals surface area (Å²) >= 11 is 0. The van der Waals surface area contributed by atoms with Crippen LogP contribution >= 0.6 is 0 Å². The molecule has 0 fully saturated rings. The van der Waals surface area contributed by atoms with Gasteiger partial charge in [0.05, 0.1) is 0 Å². The summed E-state index contributed by atoms with van der Waals surface area (Å²) in [5, 5.41) is 11.9. The number of ether oxygens (including phenoxy) is 2. The van der Waals surface area contributed by atoms with Crippen molar-refractivity contribution in [3.05, 3.63) is 41.9 Å². The number of fused-ring (bicyclic) bond motifs is 1. The van der Waals surface area contributed by atoms with E-state index in [1.54, 1.807) is 6.07 Å². The topological polar surface area (TPSA) is 80.1 Å². The fourth-order valence-electron chi connectivity index (χ4n) is 1.76. The highest BCUT2D eigenvalue weighted by atomic mass is 16.7. The molecule has 0 atom stereocenters. The van der Waals surface area contributed by atoms with Crippen molar-refractivity contribution in [2.75, 3.05) is 12.1 Å². The molecule has 6 nitrogen and oxygen atoms in total. The highest BCUT2D eigenvalue weighted by molar-refractivity contribution is 5.46. The Kier molecular flexibility index (Phi) is 2.86. The van der Waals surface area contributed by atoms with Gasteiger partial charge in [0, 0.05) is 12.6 Å². The van der Waals surface area contributed by atoms with Crippen molar-refractivity contribution in [1.29, 1.82) is 5.26 Å². The zero-order chi connectivity index (χ0) is 13.1. The molecule has 0 saturated heterocycles. The third-order valence-corrected chi connectivity index (χ3v) is 2.69. The quantitative estimate of drug-likeness (QED) is 0.897. The second-order valence-corrected chi connectivity index (χ2v) is 3.94. The number of nitriles is 1. The summed E-state index contributed by atoms with van der Waals surface area (Å²) in [5.74, 6) is 2.13. The number of hydrogen-bond acceptors (Lipinski definition) is 6. The lowest BCUT2D eigenvalue weighted by Gasteiger charge is -2.06. The molecule has 2 aromatic rings. The van der Waals surface area contributed by atoms with Crippen LogP contribution in [0.4, 0.5) is 5.82 Å². The number of nitrogens with zero attached hydrogens (tertiary/aromatic N) is 3. The van der Waals surface area contributed by atoms with Crippen LogP contribution in [0, 0.1) is 11.3 Å². The van der Waals surface area contributed by atoms with Gasteiger partial charge in [-0.15, -0.1) is 0 Å². The molecule has 2 heterocycles. The van der Waals surface area contributed by atoms with Crippen LogP contribution < -0.4 is 14.8 Å². The molecular weight excluding hydrogens is 244 g/mol. The van der Waals surface area contributed by atoms with Crippen LogP contribution in [0.25, 0.3) is 0 Å². The Morgan fingerprint density at radius 1 is 1.21 bits per heavy atom. The van der Waals surface area contributed by atoms with Gasteiger partial charge in [-0.2, -0.15) is 5.26 Å². The van der Waals surface area contributed by atoms with E-state index in [0.29, 0.717) is 18.1 Å². The smallest absolute Gasteiger partial charge is 0.231 e. The molecule has 1 aromatic carbocycles. The Morgan fingerprint density at radius 3 is 3.00 bits per heavy atom. The Morgan fingerprint density at radius 2 is 2.11 bits per heavy atom. The first-order valence-electron chi connectivity index (χ1n) is 5.70. The zero-order valence-electron chi connectivity index (χ0n) is 9.96. The minimum Gasteiger partial charge on any atom is -0.454 e. The van der Waals surface area contributed by atoms with Gasteiger partial charge in [0.25, 0.3) is 0 Å². The lowest BCUT2D eigenvalue weighted by atomic mass is 10.2. The van der Waals surface area contributed by atoms with E-state index in [1.165, 1.54) is 6.33 Å². The monoisotopic (exact) mass is 254 g/mol. The second-order valence-electron chi connectivity index (χ2n) is 3.94. The molecule has 0 spiro atoms. The summed E-state index contributed by atoms with van der Waals surface area (Å²) < 4.78 is 10.6. The molecule has 1 aliphatic heterocycles. The largest absolute Gasteiger partial charge is 0.454 e. The first-order valence-corrected chi connectivity index (χ1v) is 5.70. The van der Waals surface area contributed by atoms with Crippen LogP contribution in [0.15, 0.2) is 30.6 Å². The van der Waals surface area contributed by atoms with Crippen LogP contribution in [0.1, 0.15) is 11.3 Å². The highest BCUT2D eigenvalue weighted by Crippen LogP contribution is 2.32. The van der Waals surface area contributed by atoms with Gasteiger partial charge in [0.15, 0.2) is 11.5 Å². The van der Waals surface area contributed by atoms with E-state index in [-0.39, 0.29) is 6.79 Å². The normalized spacial score (nSPS) is 11.9. The Balaban J connectivity index is 1.70. The molecule has 1 aromatic heterocycles. The first kappa shape index (κ1) is 11.3. The Bertz CT molecular complexity index is 651. The molecule has 0 radical (unpaired) electrons. The van der Waals surface area contributed by atoms with Gasteiger partial charge in [-0.1, -0.05) is 6.07 Å². The molecular formula is C13H10N4O2. The summed E-state index contributed by atoms with van der Waals surface area (Å²) in [7, 11) is 0. The summed E-state index contributed by atoms with van der Waals surface area (Å²) in [6, 6.07) is 9.32. The molecule has 1 N–H and O–H groups in total. The van der Waals surface area contributed by atoms with Gasteiger partial charge in [-0.25, -0.2) is 9.97 Å². The third-order valence-electron chi connectivity index (χ3n) is 2.69. The molecule has 0 amide bonds. The third kappa shape index (κ3) is 2.40. The van der Waals surface area contributed by atoms with Crippen molar-refractivity contribution in [2.45, 2.75) is 6.54 Å². The summed E-state index contributed by atoms with van der Waals surface area (Å²) in [5.41, 5.74) is 1.38. The molecule has 1 aliphatic rings. The van der Waals surface area contributed by atoms with Gasteiger partial charge in [-0.3, -0.25) is 0 Å². The van der Waals surface area contributed by atoms with Crippen LogP contribution in [-0.2, 0) is 6.54 Å². The van der Waals surface area contributed by atoms with Gasteiger partial charge in [0.1, 0.15) is 23.9 Å². The minimum atomic E-state index is 0.268. The van der Waals surface area contributed by atoms with E-state index in [2.05, 4.69) is 15.3 Å². The van der Waals surface area contributed by atoms with Crippen molar-refractivity contribution in [2.24, 2.45) is 0 Å². The molecule has 19 heavy (non-hydrogen) atoms. The minimum absolute atomic E-state index is 0.268. The van der Waals surface area contributed by atoms with E-state index in [4.69, 9.17) is 14.7 Å². The van der Waals surface area contributed by atoms with Crippen LogP contribution in [0.2, 0.25) is 0 Å². The van der Waals surface area contributed by atoms with E-state index in [0.717, 1.165) is 17.1 Å². The number of hydrogen-bond donors (Lipinski definition) is 1. The van der Waals surface area contributed by atoms with Gasteiger partial charge in [-0.05, 0) is 17.7 Å². The molecule has 0 aliphatic carbocycles. The van der Waals surface area contributed by atoms with Gasteiger partial charge < -0.3 is 14.8 Å². The molecule has 0 saturated carbocycles. The van der Waals surface area contributed by atoms with E-state index < -0.39 is 0 Å². The van der Waals surface area contributed by atoms with Crippen LogP contribution in [0.3, 0.4) is 0 Å². The first-order chi connectivity index (χ1) is 9.35. The Hall–Kier alpha value is -2.81. The maximum atomic E-state index is 8.75. The lowest BCUT2D eigenvalue weighted by molar-refractivity contribution is 0.174. The van der Waals surface area contributed by atoms with Crippen molar-refractivity contribution in [1.82, 2.24) is 9.97 Å². The summed E-state index contributed by atoms with van der Waals surface area (Å²) in [4.78, 5) is 7.86. The molecule has 3 rings (SSSR count). The summed E-state index contributed by atoms with van der Waals surface area (Å²) in [6.45, 7) is 0.849. The van der Waals surface area contributed by atoms with Crippen molar-refractivity contribution in [3.63, 3.8) is 0 Å². The molecule has 0 unspecified atom stereocenters. The van der Waals surface area contributed by atoms with Crippen molar-refractivity contribution in [3.8, 4) is 17.6 Å². The number of nitrogens with one attached hydrogen (secondary N) is 1. The number of anilines is 1. The van der Waals surface area contributed by atoms with Crippen LogP contribution in [-0.4, -0.2) is 16.8 Å². The average Bonchev–Trinajstić information content (AvgIpc) is 2.93. The fourth-order valence-corrected chi connectivity index (χ4v) is 1.76. The van der Waals surface area contributed by atoms with E-state index in [9.17, 15) is 0 Å². The number of rotatable bonds is 3. The van der Waals surface area contributed by atoms with Gasteiger partial charge in [0.2, 0.25) is 6.79 Å². The highest BCUT2D eigenvalue weighted by Gasteiger charge is 2.12. The van der Waals surface area contributed by atoms with E-state index >= 15 is 0 Å². The van der Waals surface area contributed by atoms with Crippen molar-refractivity contribution < 1.29 is 9.47 Å². The standard InChI is InChI=1S/C13H10N4O2/c14-5-10-4-13(17-7-16-10)15-6-9-1-2-11-12(3-9)19-8-18-11/h1-4,7H,6,8H2,(H,15,16,17). The maximum Gasteiger partial charge on any atom is 0.231 e. The number of benzene rings is 1. The maximum absolute atomic E-state index is 8.75. The summed E-state index contributed by atoms with van der Waals surface area (Å²) in [6.07, 6.45) is 1.36. The molecule has 94 valence electrons. The van der Waals surface area contributed by atoms with E-state index in [1.807, 2.05) is 24.3 Å². The predicted molar refractivity (Wildman–Crippen MR) is 66.6 cm³/mol. The SMILES string of the molecule is N#Cc1cc(NCc2ccc3c(c2)OCO3)ncn1. The zero-order valence-corrected chi connectivity index (χ0v) is 9.96. The van der Waals surface area contributed by atoms with Gasteiger partial charge >= 0.3 is 0 Å². The van der Waals surface area contributed by atoms with Crippen LogP contribution in [0.5, 0.6) is 11.5 Å².